The Labute approximate surface area is 178 Å². The zero-order chi connectivity index (χ0) is 20.4. The van der Waals surface area contributed by atoms with Gasteiger partial charge in [0.1, 0.15) is 18.4 Å². The molecule has 2 aliphatic rings. The predicted octanol–water partition coefficient (Wildman–Crippen LogP) is 1.57. The summed E-state index contributed by atoms with van der Waals surface area (Å²) in [7, 11) is 0. The van der Waals surface area contributed by atoms with E-state index in [1.54, 1.807) is 0 Å². The normalized spacial score (nSPS) is 26.1. The highest BCUT2D eigenvalue weighted by atomic mass is 35.5. The van der Waals surface area contributed by atoms with Gasteiger partial charge in [0.05, 0.1) is 6.10 Å². The molecule has 29 heavy (non-hydrogen) atoms. The minimum Gasteiger partial charge on any atom is -0.378 e. The molecule has 10 heteroatoms. The molecule has 3 N–H and O–H groups in total. The van der Waals surface area contributed by atoms with Crippen LogP contribution in [-0.4, -0.2) is 62.8 Å². The Morgan fingerprint density at radius 3 is 2.52 bits per heavy atom. The Morgan fingerprint density at radius 1 is 1.28 bits per heavy atom. The number of ether oxygens (including phenoxy) is 1. The van der Waals surface area contributed by atoms with Gasteiger partial charge in [0.15, 0.2) is 0 Å². The second kappa shape index (κ2) is 9.40. The summed E-state index contributed by atoms with van der Waals surface area (Å²) in [5.74, 6) is -0.140. The maximum atomic E-state index is 12.7. The molecule has 0 spiro atoms. The average molecular weight is 429 g/mol. The first kappa shape index (κ1) is 23.6. The Balaban J connectivity index is 0.00000300. The summed E-state index contributed by atoms with van der Waals surface area (Å²) < 4.78 is 7.13. The molecular weight excluding hydrogens is 396 g/mol. The van der Waals surface area contributed by atoms with E-state index in [1.165, 1.54) is 23.9 Å². The van der Waals surface area contributed by atoms with Gasteiger partial charge in [0, 0.05) is 31.5 Å². The number of anilines is 1. The molecule has 1 saturated carbocycles. The maximum Gasteiger partial charge on any atom is 0.248 e. The molecule has 0 aromatic carbocycles. The number of carbonyl (C=O) groups is 2. The highest BCUT2D eigenvalue weighted by Crippen LogP contribution is 2.50. The van der Waals surface area contributed by atoms with Gasteiger partial charge in [-0.2, -0.15) is 0 Å². The van der Waals surface area contributed by atoms with E-state index in [2.05, 4.69) is 15.4 Å². The quantitative estimate of drug-likeness (QED) is 0.710. The third-order valence-corrected chi connectivity index (χ3v) is 6.25. The molecule has 1 aliphatic heterocycles. The largest absolute Gasteiger partial charge is 0.378 e. The van der Waals surface area contributed by atoms with Crippen LogP contribution in [0.1, 0.15) is 52.9 Å². The van der Waals surface area contributed by atoms with E-state index in [1.807, 2.05) is 25.7 Å². The molecule has 1 saturated heterocycles. The maximum absolute atomic E-state index is 12.7. The fourth-order valence-electron chi connectivity index (χ4n) is 4.02. The number of halogens is 1. The van der Waals surface area contributed by atoms with E-state index in [9.17, 15) is 9.59 Å². The van der Waals surface area contributed by atoms with Crippen molar-refractivity contribution in [3.63, 3.8) is 0 Å². The third-order valence-electron chi connectivity index (χ3n) is 6.25. The number of aromatic nitrogens is 3. The van der Waals surface area contributed by atoms with Gasteiger partial charge in [0.25, 0.3) is 0 Å². The van der Waals surface area contributed by atoms with E-state index >= 15 is 0 Å². The third kappa shape index (κ3) is 4.73. The lowest BCUT2D eigenvalue weighted by Gasteiger charge is -2.57. The molecule has 3 rings (SSSR count). The van der Waals surface area contributed by atoms with Crippen molar-refractivity contribution in [2.45, 2.75) is 71.1 Å². The molecule has 1 aliphatic carbocycles. The van der Waals surface area contributed by atoms with Crippen molar-refractivity contribution >= 4 is 30.2 Å². The zero-order valence-corrected chi connectivity index (χ0v) is 18.3. The molecule has 2 atom stereocenters. The first-order chi connectivity index (χ1) is 13.3. The monoisotopic (exact) mass is 428 g/mol. The summed E-state index contributed by atoms with van der Waals surface area (Å²) in [6.07, 6.45) is 6.29. The lowest BCUT2D eigenvalue weighted by atomic mass is 9.54. The molecule has 2 unspecified atom stereocenters. The molecular formula is C19H33ClN6O3. The van der Waals surface area contributed by atoms with Gasteiger partial charge >= 0.3 is 0 Å². The molecule has 164 valence electrons. The molecule has 9 nitrogen and oxygen atoms in total. The van der Waals surface area contributed by atoms with Crippen LogP contribution in [0.15, 0.2) is 6.33 Å². The van der Waals surface area contributed by atoms with Crippen molar-refractivity contribution in [2.75, 3.05) is 25.0 Å². The topological polar surface area (TPSA) is 115 Å². The number of rotatable bonds is 6. The van der Waals surface area contributed by atoms with Gasteiger partial charge in [-0.3, -0.25) is 14.9 Å². The first-order valence-corrected chi connectivity index (χ1v) is 10.2. The number of hydrogen-bond acceptors (Lipinski definition) is 6. The molecule has 2 fully saturated rings. The van der Waals surface area contributed by atoms with E-state index in [-0.39, 0.29) is 42.8 Å². The van der Waals surface area contributed by atoms with Crippen LogP contribution in [0.5, 0.6) is 0 Å². The van der Waals surface area contributed by atoms with Gasteiger partial charge < -0.3 is 15.4 Å². The van der Waals surface area contributed by atoms with Gasteiger partial charge in [-0.05, 0) is 19.8 Å². The lowest BCUT2D eigenvalue weighted by molar-refractivity contribution is -0.166. The molecule has 0 bridgehead atoms. The standard InChI is InChI=1S/C19H32N6O3.ClH/c1-4-28-14-11-19(20,18(14,2)3)16(27)22-17-21-13-25(23-17)12-15(26)24-9-7-5-6-8-10-24;/h13-14H,4-12,20H2,1-3H3,(H,22,23,27);1H. The smallest absolute Gasteiger partial charge is 0.248 e. The molecule has 1 aromatic heterocycles. The van der Waals surface area contributed by atoms with Crippen LogP contribution >= 0.6 is 12.4 Å². The van der Waals surface area contributed by atoms with Gasteiger partial charge in [-0.1, -0.05) is 26.7 Å². The Hall–Kier alpha value is -1.71. The first-order valence-electron chi connectivity index (χ1n) is 10.2. The Bertz CT molecular complexity index is 717. The molecule has 2 amide bonds. The number of nitrogens with zero attached hydrogens (tertiary/aromatic N) is 4. The fraction of sp³-hybridized carbons (Fsp3) is 0.789. The second-order valence-electron chi connectivity index (χ2n) is 8.36. The van der Waals surface area contributed by atoms with E-state index in [0.29, 0.717) is 13.0 Å². The van der Waals surface area contributed by atoms with Crippen molar-refractivity contribution in [1.29, 1.82) is 0 Å². The van der Waals surface area contributed by atoms with E-state index in [4.69, 9.17) is 10.5 Å². The van der Waals surface area contributed by atoms with Crippen molar-refractivity contribution < 1.29 is 14.3 Å². The van der Waals surface area contributed by atoms with Gasteiger partial charge in [-0.25, -0.2) is 9.67 Å². The summed E-state index contributed by atoms with van der Waals surface area (Å²) in [6, 6.07) is 0. The van der Waals surface area contributed by atoms with Crippen molar-refractivity contribution in [1.82, 2.24) is 19.7 Å². The highest BCUT2D eigenvalue weighted by molar-refractivity contribution is 5.98. The number of nitrogens with one attached hydrogen (secondary N) is 1. The summed E-state index contributed by atoms with van der Waals surface area (Å²) in [4.78, 5) is 31.2. The second-order valence-corrected chi connectivity index (χ2v) is 8.36. The molecule has 0 radical (unpaired) electrons. The number of likely N-dealkylation sites (tertiary alicyclic amines) is 1. The fourth-order valence-corrected chi connectivity index (χ4v) is 4.02. The highest BCUT2D eigenvalue weighted by Gasteiger charge is 2.63. The van der Waals surface area contributed by atoms with Gasteiger partial charge in [-0.15, -0.1) is 17.5 Å². The number of hydrogen-bond donors (Lipinski definition) is 2. The van der Waals surface area contributed by atoms with Crippen LogP contribution in [0.2, 0.25) is 0 Å². The summed E-state index contributed by atoms with van der Waals surface area (Å²) in [5, 5.41) is 6.92. The number of amides is 2. The SMILES string of the molecule is CCOC1CC(N)(C(=O)Nc2ncn(CC(=O)N3CCCCCC3)n2)C1(C)C.Cl. The Kier molecular flexibility index (Phi) is 7.64. The minimum absolute atomic E-state index is 0. The van der Waals surface area contributed by atoms with Crippen LogP contribution in [0, 0.1) is 5.41 Å². The van der Waals surface area contributed by atoms with Gasteiger partial charge in [0.2, 0.25) is 17.8 Å². The van der Waals surface area contributed by atoms with E-state index < -0.39 is 11.0 Å². The van der Waals surface area contributed by atoms with Crippen molar-refractivity contribution in [3.8, 4) is 0 Å². The van der Waals surface area contributed by atoms with Crippen molar-refractivity contribution in [2.24, 2.45) is 11.1 Å². The number of carbonyl (C=O) groups excluding carboxylic acids is 2. The number of nitrogens with two attached hydrogens (primary N) is 1. The van der Waals surface area contributed by atoms with Crippen LogP contribution in [0.3, 0.4) is 0 Å². The molecule has 1 aromatic rings. The predicted molar refractivity (Wildman–Crippen MR) is 112 cm³/mol. The molecule has 2 heterocycles. The van der Waals surface area contributed by atoms with Crippen LogP contribution in [0.4, 0.5) is 5.95 Å². The Morgan fingerprint density at radius 2 is 1.93 bits per heavy atom. The lowest BCUT2D eigenvalue weighted by Crippen LogP contribution is -2.74. The average Bonchev–Trinajstić information content (AvgIpc) is 2.92. The van der Waals surface area contributed by atoms with Crippen LogP contribution in [-0.2, 0) is 20.9 Å². The zero-order valence-electron chi connectivity index (χ0n) is 17.5. The van der Waals surface area contributed by atoms with Crippen molar-refractivity contribution in [3.05, 3.63) is 6.33 Å². The van der Waals surface area contributed by atoms with E-state index in [0.717, 1.165) is 25.9 Å². The van der Waals surface area contributed by atoms with Crippen LogP contribution in [0.25, 0.3) is 0 Å². The minimum atomic E-state index is -1.04. The summed E-state index contributed by atoms with van der Waals surface area (Å²) in [6.45, 7) is 8.09. The summed E-state index contributed by atoms with van der Waals surface area (Å²) >= 11 is 0. The van der Waals surface area contributed by atoms with Crippen LogP contribution < -0.4 is 11.1 Å². The summed E-state index contributed by atoms with van der Waals surface area (Å²) in [5.41, 5.74) is 4.85.